The van der Waals surface area contributed by atoms with Gasteiger partial charge in [-0.3, -0.25) is 0 Å². The van der Waals surface area contributed by atoms with Crippen LogP contribution in [0.1, 0.15) is 44.1 Å². The fraction of sp³-hybridized carbons (Fsp3) is 0.500. The van der Waals surface area contributed by atoms with Gasteiger partial charge in [0, 0.05) is 12.1 Å². The Morgan fingerprint density at radius 1 is 1.29 bits per heavy atom. The van der Waals surface area contributed by atoms with Crippen molar-refractivity contribution in [1.29, 1.82) is 0 Å². The van der Waals surface area contributed by atoms with Gasteiger partial charge in [-0.1, -0.05) is 18.8 Å². The van der Waals surface area contributed by atoms with Crippen molar-refractivity contribution in [3.8, 4) is 12.3 Å². The Labute approximate surface area is 140 Å². The first kappa shape index (κ1) is 18.2. The van der Waals surface area contributed by atoms with Crippen molar-refractivity contribution in [1.82, 2.24) is 5.32 Å². The van der Waals surface area contributed by atoms with Gasteiger partial charge in [0.1, 0.15) is 5.69 Å². The first-order valence-corrected chi connectivity index (χ1v) is 8.20. The summed E-state index contributed by atoms with van der Waals surface area (Å²) in [6, 6.07) is 1.30. The second-order valence-electron chi connectivity index (χ2n) is 6.09. The summed E-state index contributed by atoms with van der Waals surface area (Å²) in [7, 11) is 0. The van der Waals surface area contributed by atoms with Gasteiger partial charge in [-0.15, -0.1) is 6.42 Å². The SMILES string of the molecule is C#Cc1cc(F)c(NC(=O)NCCCC2CCCCC2O)c(F)c1. The van der Waals surface area contributed by atoms with Gasteiger partial charge in [-0.2, -0.15) is 0 Å². The number of rotatable bonds is 5. The van der Waals surface area contributed by atoms with E-state index in [-0.39, 0.29) is 17.6 Å². The minimum atomic E-state index is -0.913. The van der Waals surface area contributed by atoms with Crippen LogP contribution in [0.15, 0.2) is 12.1 Å². The number of anilines is 1. The van der Waals surface area contributed by atoms with Crippen molar-refractivity contribution in [3.05, 3.63) is 29.3 Å². The van der Waals surface area contributed by atoms with Gasteiger partial charge in [-0.05, 0) is 43.7 Å². The summed E-state index contributed by atoms with van der Waals surface area (Å²) in [4.78, 5) is 11.7. The summed E-state index contributed by atoms with van der Waals surface area (Å²) < 4.78 is 27.5. The molecular formula is C18H22F2N2O2. The van der Waals surface area contributed by atoms with Crippen LogP contribution >= 0.6 is 0 Å². The van der Waals surface area contributed by atoms with E-state index in [1.165, 1.54) is 0 Å². The predicted molar refractivity (Wildman–Crippen MR) is 88.5 cm³/mol. The molecule has 1 aliphatic carbocycles. The number of terminal acetylenes is 1. The van der Waals surface area contributed by atoms with Gasteiger partial charge < -0.3 is 15.7 Å². The van der Waals surface area contributed by atoms with E-state index >= 15 is 0 Å². The van der Waals surface area contributed by atoms with Crippen LogP contribution in [0.5, 0.6) is 0 Å². The molecule has 6 heteroatoms. The van der Waals surface area contributed by atoms with Crippen molar-refractivity contribution in [2.75, 3.05) is 11.9 Å². The van der Waals surface area contributed by atoms with Crippen LogP contribution in [0.2, 0.25) is 0 Å². The van der Waals surface area contributed by atoms with Gasteiger partial charge in [0.05, 0.1) is 6.10 Å². The maximum atomic E-state index is 13.7. The zero-order valence-corrected chi connectivity index (χ0v) is 13.4. The summed E-state index contributed by atoms with van der Waals surface area (Å²) in [5.74, 6) is 0.583. The Balaban J connectivity index is 1.77. The number of aliphatic hydroxyl groups excluding tert-OH is 1. The highest BCUT2D eigenvalue weighted by Gasteiger charge is 2.22. The van der Waals surface area contributed by atoms with E-state index < -0.39 is 23.4 Å². The summed E-state index contributed by atoms with van der Waals surface area (Å²) in [5.41, 5.74) is -0.448. The molecule has 0 radical (unpaired) electrons. The average Bonchev–Trinajstić information content (AvgIpc) is 2.56. The van der Waals surface area contributed by atoms with E-state index in [0.717, 1.165) is 44.2 Å². The van der Waals surface area contributed by atoms with Crippen molar-refractivity contribution in [3.63, 3.8) is 0 Å². The van der Waals surface area contributed by atoms with E-state index in [2.05, 4.69) is 16.6 Å². The lowest BCUT2D eigenvalue weighted by atomic mass is 9.83. The molecule has 0 aromatic heterocycles. The Kier molecular flexibility index (Phi) is 6.56. The van der Waals surface area contributed by atoms with Crippen LogP contribution in [0.25, 0.3) is 0 Å². The molecule has 1 saturated carbocycles. The molecule has 2 unspecified atom stereocenters. The standard InChI is InChI=1S/C18H22F2N2O2/c1-2-12-10-14(19)17(15(20)11-12)22-18(24)21-9-5-7-13-6-3-4-8-16(13)23/h1,10-11,13,16,23H,3-9H2,(H2,21,22,24). The number of halogens is 2. The molecule has 130 valence electrons. The Bertz CT molecular complexity index is 605. The molecule has 2 amide bonds. The average molecular weight is 336 g/mol. The highest BCUT2D eigenvalue weighted by molar-refractivity contribution is 5.89. The van der Waals surface area contributed by atoms with Crippen LogP contribution < -0.4 is 10.6 Å². The van der Waals surface area contributed by atoms with Gasteiger partial charge >= 0.3 is 6.03 Å². The molecule has 0 saturated heterocycles. The molecule has 2 rings (SSSR count). The van der Waals surface area contributed by atoms with Crippen molar-refractivity contribution in [2.45, 2.75) is 44.6 Å². The van der Waals surface area contributed by atoms with Crippen molar-refractivity contribution in [2.24, 2.45) is 5.92 Å². The lowest BCUT2D eigenvalue weighted by Crippen LogP contribution is -2.31. The Morgan fingerprint density at radius 2 is 1.96 bits per heavy atom. The van der Waals surface area contributed by atoms with Crippen LogP contribution in [0, 0.1) is 29.9 Å². The molecule has 1 aliphatic rings. The number of aliphatic hydroxyl groups is 1. The molecule has 2 atom stereocenters. The molecule has 0 bridgehead atoms. The van der Waals surface area contributed by atoms with E-state index in [4.69, 9.17) is 6.42 Å². The quantitative estimate of drug-likeness (QED) is 0.570. The number of carbonyl (C=O) groups excluding carboxylic acids is 1. The van der Waals surface area contributed by atoms with Gasteiger partial charge in [0.2, 0.25) is 0 Å². The third kappa shape index (κ3) is 4.93. The Hall–Kier alpha value is -2.13. The molecular weight excluding hydrogens is 314 g/mol. The van der Waals surface area contributed by atoms with Crippen LogP contribution in [-0.2, 0) is 0 Å². The van der Waals surface area contributed by atoms with E-state index in [1.54, 1.807) is 0 Å². The van der Waals surface area contributed by atoms with Crippen LogP contribution in [0.4, 0.5) is 19.3 Å². The topological polar surface area (TPSA) is 61.4 Å². The normalized spacial score (nSPS) is 20.2. The van der Waals surface area contributed by atoms with Crippen molar-refractivity contribution >= 4 is 11.7 Å². The largest absolute Gasteiger partial charge is 0.393 e. The molecule has 0 heterocycles. The third-order valence-electron chi connectivity index (χ3n) is 4.35. The number of hydrogen-bond acceptors (Lipinski definition) is 2. The molecule has 1 aromatic carbocycles. The van der Waals surface area contributed by atoms with Gasteiger partial charge in [-0.25, -0.2) is 13.6 Å². The predicted octanol–water partition coefficient (Wildman–Crippen LogP) is 3.40. The number of carbonyl (C=O) groups is 1. The number of benzene rings is 1. The summed E-state index contributed by atoms with van der Waals surface area (Å²) >= 11 is 0. The molecule has 1 aromatic rings. The summed E-state index contributed by atoms with van der Waals surface area (Å²) in [6.45, 7) is 0.376. The summed E-state index contributed by atoms with van der Waals surface area (Å²) in [5, 5.41) is 14.6. The maximum absolute atomic E-state index is 13.7. The minimum absolute atomic E-state index is 0.0713. The number of hydrogen-bond donors (Lipinski definition) is 3. The number of nitrogens with one attached hydrogen (secondary N) is 2. The highest BCUT2D eigenvalue weighted by atomic mass is 19.1. The van der Waals surface area contributed by atoms with Crippen LogP contribution in [0.3, 0.4) is 0 Å². The second kappa shape index (κ2) is 8.65. The third-order valence-corrected chi connectivity index (χ3v) is 4.35. The molecule has 1 fully saturated rings. The first-order chi connectivity index (χ1) is 11.5. The van der Waals surface area contributed by atoms with E-state index in [9.17, 15) is 18.7 Å². The van der Waals surface area contributed by atoms with Gasteiger partial charge in [0.25, 0.3) is 0 Å². The molecule has 24 heavy (non-hydrogen) atoms. The van der Waals surface area contributed by atoms with Crippen molar-refractivity contribution < 1.29 is 18.7 Å². The highest BCUT2D eigenvalue weighted by Crippen LogP contribution is 2.27. The Morgan fingerprint density at radius 3 is 2.58 bits per heavy atom. The van der Waals surface area contributed by atoms with Crippen LogP contribution in [-0.4, -0.2) is 23.8 Å². The van der Waals surface area contributed by atoms with E-state index in [1.807, 2.05) is 0 Å². The second-order valence-corrected chi connectivity index (χ2v) is 6.09. The van der Waals surface area contributed by atoms with E-state index in [0.29, 0.717) is 13.0 Å². The zero-order valence-electron chi connectivity index (χ0n) is 13.4. The maximum Gasteiger partial charge on any atom is 0.319 e. The smallest absolute Gasteiger partial charge is 0.319 e. The lowest BCUT2D eigenvalue weighted by molar-refractivity contribution is 0.0644. The zero-order chi connectivity index (χ0) is 17.5. The first-order valence-electron chi connectivity index (χ1n) is 8.20. The monoisotopic (exact) mass is 336 g/mol. The molecule has 0 aliphatic heterocycles. The molecule has 0 spiro atoms. The molecule has 3 N–H and O–H groups in total. The fourth-order valence-corrected chi connectivity index (χ4v) is 3.02. The summed E-state index contributed by atoms with van der Waals surface area (Å²) in [6.07, 6.45) is 10.4. The molecule has 4 nitrogen and oxygen atoms in total. The fourth-order valence-electron chi connectivity index (χ4n) is 3.02. The number of amides is 2. The number of urea groups is 1. The van der Waals surface area contributed by atoms with Gasteiger partial charge in [0.15, 0.2) is 11.6 Å². The minimum Gasteiger partial charge on any atom is -0.393 e. The lowest BCUT2D eigenvalue weighted by Gasteiger charge is -2.27.